The van der Waals surface area contributed by atoms with Crippen LogP contribution in [0.5, 0.6) is 0 Å². The molecule has 26 heavy (non-hydrogen) atoms. The molecule has 0 fully saturated rings. The van der Waals surface area contributed by atoms with Crippen LogP contribution in [0.15, 0.2) is 24.3 Å². The Morgan fingerprint density at radius 1 is 1.00 bits per heavy atom. The van der Waals surface area contributed by atoms with Gasteiger partial charge in [0, 0.05) is 19.1 Å². The van der Waals surface area contributed by atoms with Crippen LogP contribution in [0.2, 0.25) is 0 Å². The third kappa shape index (κ3) is 7.86. The summed E-state index contributed by atoms with van der Waals surface area (Å²) in [6, 6.07) is 4.83. The number of hydrogen-bond acceptors (Lipinski definition) is 3. The lowest BCUT2D eigenvalue weighted by molar-refractivity contribution is -0.137. The van der Waals surface area contributed by atoms with E-state index in [0.717, 1.165) is 12.1 Å². The van der Waals surface area contributed by atoms with E-state index in [2.05, 4.69) is 5.32 Å². The molecule has 146 valence electrons. The number of nitrogens with zero attached hydrogens (tertiary/aromatic N) is 2. The lowest BCUT2D eigenvalue weighted by Gasteiger charge is -2.25. The Morgan fingerprint density at radius 2 is 1.54 bits per heavy atom. The van der Waals surface area contributed by atoms with Gasteiger partial charge in [-0.3, -0.25) is 14.5 Å². The Bertz CT molecular complexity index is 622. The molecule has 0 aromatic heterocycles. The summed E-state index contributed by atoms with van der Waals surface area (Å²) in [7, 11) is 3.23. The molecule has 0 spiro atoms. The molecule has 1 aromatic carbocycles. The third-order valence-electron chi connectivity index (χ3n) is 3.46. The Morgan fingerprint density at radius 3 is 2.00 bits per heavy atom. The van der Waals surface area contributed by atoms with Crippen LogP contribution < -0.4 is 5.32 Å². The van der Waals surface area contributed by atoms with E-state index in [-0.39, 0.29) is 30.4 Å². The van der Waals surface area contributed by atoms with Crippen molar-refractivity contribution in [1.82, 2.24) is 15.1 Å². The van der Waals surface area contributed by atoms with Crippen molar-refractivity contribution in [3.05, 3.63) is 35.4 Å². The van der Waals surface area contributed by atoms with Crippen molar-refractivity contribution in [3.63, 3.8) is 0 Å². The summed E-state index contributed by atoms with van der Waals surface area (Å²) in [5.74, 6) is -0.498. The summed E-state index contributed by atoms with van der Waals surface area (Å²) in [6.45, 7) is 5.89. The topological polar surface area (TPSA) is 52.7 Å². The molecule has 0 bridgehead atoms. The molecule has 0 radical (unpaired) electrons. The molecule has 1 rings (SSSR count). The zero-order valence-corrected chi connectivity index (χ0v) is 15.8. The minimum atomic E-state index is -4.36. The van der Waals surface area contributed by atoms with Gasteiger partial charge in [0.25, 0.3) is 0 Å². The predicted molar refractivity (Wildman–Crippen MR) is 93.3 cm³/mol. The number of carbonyl (C=O) groups is 2. The quantitative estimate of drug-likeness (QED) is 0.834. The fraction of sp³-hybridized carbons (Fsp3) is 0.556. The summed E-state index contributed by atoms with van der Waals surface area (Å²) in [4.78, 5) is 27.0. The lowest BCUT2D eigenvalue weighted by Crippen LogP contribution is -2.47. The number of hydrogen-bond donors (Lipinski definition) is 1. The van der Waals surface area contributed by atoms with Gasteiger partial charge in [0.1, 0.15) is 0 Å². The zero-order valence-electron chi connectivity index (χ0n) is 15.8. The fourth-order valence-electron chi connectivity index (χ4n) is 2.28. The molecule has 0 saturated carbocycles. The first-order valence-corrected chi connectivity index (χ1v) is 8.17. The summed E-state index contributed by atoms with van der Waals surface area (Å²) < 4.78 is 37.7. The molecule has 5 nitrogen and oxygen atoms in total. The molecule has 1 N–H and O–H groups in total. The van der Waals surface area contributed by atoms with Gasteiger partial charge < -0.3 is 10.2 Å². The van der Waals surface area contributed by atoms with Crippen molar-refractivity contribution >= 4 is 11.8 Å². The summed E-state index contributed by atoms with van der Waals surface area (Å²) in [5.41, 5.74) is -0.411. The van der Waals surface area contributed by atoms with Gasteiger partial charge in [0.15, 0.2) is 0 Å². The number of amides is 2. The first-order chi connectivity index (χ1) is 11.8. The van der Waals surface area contributed by atoms with Gasteiger partial charge in [0.05, 0.1) is 18.7 Å². The molecule has 0 saturated heterocycles. The van der Waals surface area contributed by atoms with E-state index >= 15 is 0 Å². The molecule has 0 heterocycles. The zero-order chi connectivity index (χ0) is 20.1. The summed E-state index contributed by atoms with van der Waals surface area (Å²) in [5, 5.41) is 2.78. The Hall–Kier alpha value is -2.09. The van der Waals surface area contributed by atoms with Crippen LogP contribution in [0.3, 0.4) is 0 Å². The normalized spacial score (nSPS) is 12.2. The van der Waals surface area contributed by atoms with Crippen molar-refractivity contribution in [1.29, 1.82) is 0 Å². The third-order valence-corrected chi connectivity index (χ3v) is 3.46. The fourth-order valence-corrected chi connectivity index (χ4v) is 2.28. The number of likely N-dealkylation sites (N-methyl/N-ethyl adjacent to an activating group) is 2. The second-order valence-electron chi connectivity index (χ2n) is 7.41. The molecule has 8 heteroatoms. The van der Waals surface area contributed by atoms with Gasteiger partial charge in [-0.25, -0.2) is 0 Å². The van der Waals surface area contributed by atoms with Crippen molar-refractivity contribution in [2.75, 3.05) is 27.2 Å². The maximum atomic E-state index is 12.6. The largest absolute Gasteiger partial charge is 0.416 e. The van der Waals surface area contributed by atoms with Crippen LogP contribution in [0.4, 0.5) is 13.2 Å². The minimum absolute atomic E-state index is 0.0514. The molecular weight excluding hydrogens is 347 g/mol. The SMILES string of the molecule is CN(CC(=O)N(C)CC(=O)NC(C)(C)C)Cc1ccc(C(F)(F)F)cc1. The molecular formula is C18H26F3N3O2. The number of nitrogens with one attached hydrogen (secondary N) is 1. The van der Waals surface area contributed by atoms with Crippen LogP contribution in [0.1, 0.15) is 31.9 Å². The molecule has 0 aliphatic carbocycles. The number of halogens is 3. The molecule has 1 aromatic rings. The van der Waals surface area contributed by atoms with E-state index in [0.29, 0.717) is 12.1 Å². The van der Waals surface area contributed by atoms with Gasteiger partial charge in [-0.2, -0.15) is 13.2 Å². The second kappa shape index (κ2) is 8.53. The van der Waals surface area contributed by atoms with E-state index in [4.69, 9.17) is 0 Å². The van der Waals surface area contributed by atoms with E-state index in [1.54, 1.807) is 11.9 Å². The molecule has 0 aliphatic heterocycles. The standard InChI is InChI=1S/C18H26F3N3O2/c1-17(2,3)22-15(25)11-24(5)16(26)12-23(4)10-13-6-8-14(9-7-13)18(19,20)21/h6-9H,10-12H2,1-5H3,(H,22,25). The maximum Gasteiger partial charge on any atom is 0.416 e. The highest BCUT2D eigenvalue weighted by molar-refractivity contribution is 5.85. The maximum absolute atomic E-state index is 12.6. The van der Waals surface area contributed by atoms with E-state index in [9.17, 15) is 22.8 Å². The molecule has 0 atom stereocenters. The molecule has 0 unspecified atom stereocenters. The van der Waals surface area contributed by atoms with Gasteiger partial charge >= 0.3 is 6.18 Å². The lowest BCUT2D eigenvalue weighted by atomic mass is 10.1. The number of alkyl halides is 3. The highest BCUT2D eigenvalue weighted by Gasteiger charge is 2.30. The smallest absolute Gasteiger partial charge is 0.350 e. The number of benzene rings is 1. The monoisotopic (exact) mass is 373 g/mol. The first kappa shape index (κ1) is 22.0. The highest BCUT2D eigenvalue weighted by Crippen LogP contribution is 2.29. The van der Waals surface area contributed by atoms with Crippen LogP contribution in [0, 0.1) is 0 Å². The van der Waals surface area contributed by atoms with Crippen LogP contribution in [0.25, 0.3) is 0 Å². The number of carbonyl (C=O) groups excluding carboxylic acids is 2. The van der Waals surface area contributed by atoms with Gasteiger partial charge in [-0.15, -0.1) is 0 Å². The van der Waals surface area contributed by atoms with Crippen molar-refractivity contribution < 1.29 is 22.8 Å². The first-order valence-electron chi connectivity index (χ1n) is 8.17. The summed E-state index contributed by atoms with van der Waals surface area (Å²) >= 11 is 0. The van der Waals surface area contributed by atoms with Crippen LogP contribution in [-0.4, -0.2) is 54.3 Å². The Balaban J connectivity index is 2.52. The van der Waals surface area contributed by atoms with Gasteiger partial charge in [-0.1, -0.05) is 12.1 Å². The highest BCUT2D eigenvalue weighted by atomic mass is 19.4. The van der Waals surface area contributed by atoms with Crippen LogP contribution in [-0.2, 0) is 22.3 Å². The van der Waals surface area contributed by atoms with E-state index < -0.39 is 11.7 Å². The summed E-state index contributed by atoms with van der Waals surface area (Å²) in [6.07, 6.45) is -4.36. The Labute approximate surface area is 152 Å². The van der Waals surface area contributed by atoms with Crippen molar-refractivity contribution in [2.24, 2.45) is 0 Å². The van der Waals surface area contributed by atoms with Crippen molar-refractivity contribution in [3.8, 4) is 0 Å². The van der Waals surface area contributed by atoms with Gasteiger partial charge in [0.2, 0.25) is 11.8 Å². The average molecular weight is 373 g/mol. The molecule has 0 aliphatic rings. The average Bonchev–Trinajstić information content (AvgIpc) is 2.44. The van der Waals surface area contributed by atoms with Crippen LogP contribution >= 0.6 is 0 Å². The second-order valence-corrected chi connectivity index (χ2v) is 7.41. The van der Waals surface area contributed by atoms with Gasteiger partial charge in [-0.05, 0) is 45.5 Å². The molecule has 2 amide bonds. The number of rotatable bonds is 6. The van der Waals surface area contributed by atoms with Crippen molar-refractivity contribution in [2.45, 2.75) is 39.0 Å². The Kier molecular flexibility index (Phi) is 7.20. The minimum Gasteiger partial charge on any atom is -0.350 e. The predicted octanol–water partition coefficient (Wildman–Crippen LogP) is 2.51. The van der Waals surface area contributed by atoms with E-state index in [1.807, 2.05) is 20.8 Å². The van der Waals surface area contributed by atoms with E-state index in [1.165, 1.54) is 24.1 Å².